The van der Waals surface area contributed by atoms with Crippen molar-refractivity contribution in [1.29, 1.82) is 5.26 Å². The zero-order valence-electron chi connectivity index (χ0n) is 13.6. The molecule has 122 valence electrons. The summed E-state index contributed by atoms with van der Waals surface area (Å²) >= 11 is 1.58. The molecule has 0 atom stereocenters. The van der Waals surface area contributed by atoms with E-state index in [-0.39, 0.29) is 6.42 Å². The molecule has 0 saturated heterocycles. The number of para-hydroxylation sites is 1. The highest BCUT2D eigenvalue weighted by molar-refractivity contribution is 7.15. The molecular formula is C20H15N3OS. The highest BCUT2D eigenvalue weighted by Gasteiger charge is 2.20. The van der Waals surface area contributed by atoms with Gasteiger partial charge >= 0.3 is 0 Å². The topological polar surface area (TPSA) is 50.3 Å². The van der Waals surface area contributed by atoms with Crippen molar-refractivity contribution in [2.24, 2.45) is 0 Å². The summed E-state index contributed by atoms with van der Waals surface area (Å²) in [6, 6.07) is 20.2. The third-order valence-corrected chi connectivity index (χ3v) is 4.96. The van der Waals surface area contributed by atoms with Gasteiger partial charge < -0.3 is 4.74 Å². The number of fused-ring (bicyclic) bond motifs is 1. The van der Waals surface area contributed by atoms with Crippen molar-refractivity contribution in [2.75, 3.05) is 7.11 Å². The predicted octanol–water partition coefficient (Wildman–Crippen LogP) is 4.80. The van der Waals surface area contributed by atoms with Crippen LogP contribution in [0.5, 0.6) is 5.75 Å². The van der Waals surface area contributed by atoms with Gasteiger partial charge in [-0.3, -0.25) is 4.40 Å². The van der Waals surface area contributed by atoms with E-state index in [2.05, 4.69) is 28.0 Å². The lowest BCUT2D eigenvalue weighted by atomic mass is 10.1. The van der Waals surface area contributed by atoms with Gasteiger partial charge in [-0.05, 0) is 17.7 Å². The van der Waals surface area contributed by atoms with Crippen molar-refractivity contribution >= 4 is 16.3 Å². The fourth-order valence-electron chi connectivity index (χ4n) is 3.02. The Hall–Kier alpha value is -3.10. The molecule has 0 bridgehead atoms. The average molecular weight is 345 g/mol. The summed E-state index contributed by atoms with van der Waals surface area (Å²) in [5.74, 6) is 0.758. The first-order valence-corrected chi connectivity index (χ1v) is 8.76. The second-order valence-corrected chi connectivity index (χ2v) is 6.38. The van der Waals surface area contributed by atoms with E-state index in [4.69, 9.17) is 9.72 Å². The Kier molecular flexibility index (Phi) is 3.96. The molecule has 0 aliphatic carbocycles. The number of rotatable bonds is 4. The highest BCUT2D eigenvalue weighted by Crippen LogP contribution is 2.36. The van der Waals surface area contributed by atoms with Crippen LogP contribution in [-0.4, -0.2) is 16.5 Å². The Labute approximate surface area is 149 Å². The number of methoxy groups -OCH3 is 1. The number of hydrogen-bond acceptors (Lipinski definition) is 4. The maximum atomic E-state index is 9.38. The lowest BCUT2D eigenvalue weighted by molar-refractivity contribution is 0.416. The van der Waals surface area contributed by atoms with E-state index in [1.165, 1.54) is 0 Å². The monoisotopic (exact) mass is 345 g/mol. The highest BCUT2D eigenvalue weighted by atomic mass is 32.1. The van der Waals surface area contributed by atoms with Crippen LogP contribution in [0.1, 0.15) is 5.69 Å². The Morgan fingerprint density at radius 2 is 1.88 bits per heavy atom. The Morgan fingerprint density at radius 3 is 2.64 bits per heavy atom. The predicted molar refractivity (Wildman–Crippen MR) is 99.8 cm³/mol. The Balaban J connectivity index is 2.00. The molecule has 0 N–H and O–H groups in total. The number of benzene rings is 2. The SMILES string of the molecule is COc1ccccc1-c1nc2scc(-c3ccccc3)n2c1CC#N. The molecule has 0 aliphatic heterocycles. The van der Waals surface area contributed by atoms with Crippen LogP contribution in [0, 0.1) is 11.3 Å². The van der Waals surface area contributed by atoms with Crippen molar-refractivity contribution in [3.8, 4) is 34.3 Å². The van der Waals surface area contributed by atoms with E-state index in [0.29, 0.717) is 0 Å². The second-order valence-electron chi connectivity index (χ2n) is 5.55. The van der Waals surface area contributed by atoms with Crippen LogP contribution in [0.4, 0.5) is 0 Å². The molecule has 0 aliphatic rings. The molecule has 4 rings (SSSR count). The number of ether oxygens (including phenoxy) is 1. The first-order valence-electron chi connectivity index (χ1n) is 7.88. The molecule has 5 heteroatoms. The number of hydrogen-bond donors (Lipinski definition) is 0. The zero-order chi connectivity index (χ0) is 17.2. The summed E-state index contributed by atoms with van der Waals surface area (Å²) in [7, 11) is 1.65. The number of aromatic nitrogens is 2. The summed E-state index contributed by atoms with van der Waals surface area (Å²) in [6.45, 7) is 0. The zero-order valence-corrected chi connectivity index (χ0v) is 14.5. The molecule has 25 heavy (non-hydrogen) atoms. The number of imidazole rings is 1. The molecule has 0 saturated carbocycles. The maximum Gasteiger partial charge on any atom is 0.195 e. The van der Waals surface area contributed by atoms with Gasteiger partial charge in [0.05, 0.1) is 36.7 Å². The average Bonchev–Trinajstić information content (AvgIpc) is 3.23. The van der Waals surface area contributed by atoms with Gasteiger partial charge in [0.15, 0.2) is 4.96 Å². The van der Waals surface area contributed by atoms with Gasteiger partial charge in [-0.2, -0.15) is 5.26 Å². The molecule has 0 amide bonds. The third-order valence-electron chi connectivity index (χ3n) is 4.14. The van der Waals surface area contributed by atoms with Gasteiger partial charge in [0.2, 0.25) is 0 Å². The van der Waals surface area contributed by atoms with E-state index in [1.54, 1.807) is 18.4 Å². The lowest BCUT2D eigenvalue weighted by Gasteiger charge is -2.08. The Bertz CT molecular complexity index is 1070. The quantitative estimate of drug-likeness (QED) is 0.533. The van der Waals surface area contributed by atoms with Gasteiger partial charge in [0, 0.05) is 10.9 Å². The largest absolute Gasteiger partial charge is 0.496 e. The molecular weight excluding hydrogens is 330 g/mol. The lowest BCUT2D eigenvalue weighted by Crippen LogP contribution is -1.96. The number of thiazole rings is 1. The second kappa shape index (κ2) is 6.42. The summed E-state index contributed by atoms with van der Waals surface area (Å²) in [4.78, 5) is 5.69. The number of nitriles is 1. The van der Waals surface area contributed by atoms with Crippen molar-refractivity contribution in [1.82, 2.24) is 9.38 Å². The Morgan fingerprint density at radius 1 is 1.12 bits per heavy atom. The van der Waals surface area contributed by atoms with Crippen molar-refractivity contribution in [3.63, 3.8) is 0 Å². The van der Waals surface area contributed by atoms with E-state index in [0.717, 1.165) is 38.9 Å². The summed E-state index contributed by atoms with van der Waals surface area (Å²) in [5.41, 5.74) is 4.77. The first-order chi connectivity index (χ1) is 12.3. The van der Waals surface area contributed by atoms with Gasteiger partial charge in [0.1, 0.15) is 5.75 Å². The first kappa shape index (κ1) is 15.4. The van der Waals surface area contributed by atoms with Crippen LogP contribution >= 0.6 is 11.3 Å². The molecule has 4 nitrogen and oxygen atoms in total. The summed E-state index contributed by atoms with van der Waals surface area (Å²) < 4.78 is 7.58. The smallest absolute Gasteiger partial charge is 0.195 e. The minimum atomic E-state index is 0.283. The van der Waals surface area contributed by atoms with Crippen molar-refractivity contribution < 1.29 is 4.74 Å². The summed E-state index contributed by atoms with van der Waals surface area (Å²) in [6.07, 6.45) is 0.283. The van der Waals surface area contributed by atoms with Gasteiger partial charge in [-0.25, -0.2) is 4.98 Å². The standard InChI is InChI=1S/C20H15N3OS/c1-24-18-10-6-5-9-15(18)19-16(11-12-21)23-17(13-25-20(23)22-19)14-7-3-2-4-8-14/h2-10,13H,11H2,1H3. The van der Waals surface area contributed by atoms with Crippen LogP contribution in [-0.2, 0) is 6.42 Å². The molecule has 4 aromatic rings. The van der Waals surface area contributed by atoms with Crippen LogP contribution in [0.15, 0.2) is 60.0 Å². The number of nitrogens with zero attached hydrogens (tertiary/aromatic N) is 3. The van der Waals surface area contributed by atoms with Crippen LogP contribution in [0.25, 0.3) is 27.5 Å². The molecule has 2 aromatic carbocycles. The minimum absolute atomic E-state index is 0.283. The van der Waals surface area contributed by atoms with Crippen molar-refractivity contribution in [3.05, 3.63) is 65.7 Å². The normalized spacial score (nSPS) is 10.7. The minimum Gasteiger partial charge on any atom is -0.496 e. The van der Waals surface area contributed by atoms with E-state index in [1.807, 2.05) is 42.5 Å². The van der Waals surface area contributed by atoms with E-state index < -0.39 is 0 Å². The molecule has 0 spiro atoms. The van der Waals surface area contributed by atoms with Gasteiger partial charge in [-0.1, -0.05) is 42.5 Å². The van der Waals surface area contributed by atoms with Crippen LogP contribution in [0.2, 0.25) is 0 Å². The van der Waals surface area contributed by atoms with E-state index in [9.17, 15) is 5.26 Å². The third kappa shape index (κ3) is 2.57. The fraction of sp³-hybridized carbons (Fsp3) is 0.100. The molecule has 0 radical (unpaired) electrons. The maximum absolute atomic E-state index is 9.38. The molecule has 2 heterocycles. The molecule has 0 fully saturated rings. The van der Waals surface area contributed by atoms with E-state index >= 15 is 0 Å². The van der Waals surface area contributed by atoms with Crippen LogP contribution in [0.3, 0.4) is 0 Å². The summed E-state index contributed by atoms with van der Waals surface area (Å²) in [5, 5.41) is 11.5. The fourth-order valence-corrected chi connectivity index (χ4v) is 3.94. The molecule has 0 unspecified atom stereocenters. The van der Waals surface area contributed by atoms with Crippen LogP contribution < -0.4 is 4.74 Å². The van der Waals surface area contributed by atoms with Gasteiger partial charge in [-0.15, -0.1) is 11.3 Å². The molecule has 2 aromatic heterocycles. The van der Waals surface area contributed by atoms with Gasteiger partial charge in [0.25, 0.3) is 0 Å². The van der Waals surface area contributed by atoms with Crippen molar-refractivity contribution in [2.45, 2.75) is 6.42 Å².